The lowest BCUT2D eigenvalue weighted by Crippen LogP contribution is -1.95. The highest BCUT2D eigenvalue weighted by Gasteiger charge is 2.22. The third-order valence-corrected chi connectivity index (χ3v) is 9.45. The van der Waals surface area contributed by atoms with E-state index in [1.54, 1.807) is 0 Å². The predicted molar refractivity (Wildman–Crippen MR) is 198 cm³/mol. The van der Waals surface area contributed by atoms with Gasteiger partial charge in [0.05, 0.1) is 0 Å². The van der Waals surface area contributed by atoms with E-state index in [2.05, 4.69) is 182 Å². The Bertz CT molecular complexity index is 2440. The normalized spacial score (nSPS) is 11.5. The van der Waals surface area contributed by atoms with Crippen molar-refractivity contribution < 1.29 is 0 Å². The van der Waals surface area contributed by atoms with E-state index in [1.165, 1.54) is 87.6 Å². The van der Waals surface area contributed by atoms with E-state index >= 15 is 0 Å². The summed E-state index contributed by atoms with van der Waals surface area (Å²) in [5.41, 5.74) is 10.0. The maximum absolute atomic E-state index is 2.40. The van der Waals surface area contributed by atoms with Gasteiger partial charge in [-0.25, -0.2) is 0 Å². The Morgan fingerprint density at radius 2 is 0.630 bits per heavy atom. The van der Waals surface area contributed by atoms with Gasteiger partial charge in [0.25, 0.3) is 0 Å². The van der Waals surface area contributed by atoms with Crippen molar-refractivity contribution in [2.75, 3.05) is 0 Å². The molecule has 0 amide bonds. The van der Waals surface area contributed by atoms with Gasteiger partial charge in [0.2, 0.25) is 0 Å². The molecule has 9 rings (SSSR count). The van der Waals surface area contributed by atoms with Gasteiger partial charge in [-0.3, -0.25) is 0 Å². The Kier molecular flexibility index (Phi) is 6.25. The molecule has 9 aromatic carbocycles. The zero-order valence-electron chi connectivity index (χ0n) is 25.3. The van der Waals surface area contributed by atoms with Crippen molar-refractivity contribution in [2.24, 2.45) is 0 Å². The molecule has 0 N–H and O–H groups in total. The largest absolute Gasteiger partial charge is 0.0622 e. The third-order valence-electron chi connectivity index (χ3n) is 9.45. The average molecular weight is 583 g/mol. The van der Waals surface area contributed by atoms with Crippen LogP contribution in [0.1, 0.15) is 0 Å². The first-order chi connectivity index (χ1) is 22.9. The highest BCUT2D eigenvalue weighted by atomic mass is 14.3. The molecule has 0 aliphatic rings. The highest BCUT2D eigenvalue weighted by molar-refractivity contribution is 6.27. The van der Waals surface area contributed by atoms with Crippen LogP contribution in [0.3, 0.4) is 0 Å². The molecule has 0 nitrogen and oxygen atoms in total. The Hall–Kier alpha value is -5.98. The van der Waals surface area contributed by atoms with E-state index in [-0.39, 0.29) is 0 Å². The van der Waals surface area contributed by atoms with Gasteiger partial charge >= 0.3 is 0 Å². The highest BCUT2D eigenvalue weighted by Crippen LogP contribution is 2.50. The number of benzene rings is 9. The van der Waals surface area contributed by atoms with Gasteiger partial charge in [-0.2, -0.15) is 0 Å². The molecule has 0 aromatic heterocycles. The van der Waals surface area contributed by atoms with Gasteiger partial charge in [-0.15, -0.1) is 0 Å². The van der Waals surface area contributed by atoms with E-state index in [9.17, 15) is 0 Å². The van der Waals surface area contributed by atoms with Gasteiger partial charge in [0, 0.05) is 0 Å². The summed E-state index contributed by atoms with van der Waals surface area (Å²) in [6.45, 7) is 0. The molecule has 0 spiro atoms. The van der Waals surface area contributed by atoms with Crippen molar-refractivity contribution in [3.05, 3.63) is 182 Å². The van der Waals surface area contributed by atoms with Crippen LogP contribution in [0.4, 0.5) is 0 Å². The monoisotopic (exact) mass is 582 g/mol. The number of hydrogen-bond acceptors (Lipinski definition) is 0. The van der Waals surface area contributed by atoms with Crippen LogP contribution in [0.5, 0.6) is 0 Å². The number of rotatable bonds is 4. The molecular formula is C46H30. The maximum atomic E-state index is 2.40. The van der Waals surface area contributed by atoms with E-state index < -0.39 is 0 Å². The Balaban J connectivity index is 1.48. The van der Waals surface area contributed by atoms with Crippen molar-refractivity contribution in [3.8, 4) is 44.5 Å². The lowest BCUT2D eigenvalue weighted by Gasteiger charge is -2.23. The average Bonchev–Trinajstić information content (AvgIpc) is 3.14. The van der Waals surface area contributed by atoms with Gasteiger partial charge in [-0.05, 0) is 93.7 Å². The molecule has 0 aliphatic heterocycles. The second-order valence-electron chi connectivity index (χ2n) is 12.0. The summed E-state index contributed by atoms with van der Waals surface area (Å²) < 4.78 is 0. The van der Waals surface area contributed by atoms with Crippen molar-refractivity contribution in [1.82, 2.24) is 0 Å². The maximum Gasteiger partial charge on any atom is -0.00139 e. The van der Waals surface area contributed by atoms with E-state index in [4.69, 9.17) is 0 Å². The first-order valence-corrected chi connectivity index (χ1v) is 16.0. The van der Waals surface area contributed by atoms with Crippen LogP contribution in [-0.2, 0) is 0 Å². The Morgan fingerprint density at radius 1 is 0.217 bits per heavy atom. The molecule has 46 heavy (non-hydrogen) atoms. The fraction of sp³-hybridized carbons (Fsp3) is 0. The molecule has 0 atom stereocenters. The number of fused-ring (bicyclic) bond motifs is 5. The van der Waals surface area contributed by atoms with Crippen LogP contribution in [0, 0.1) is 0 Å². The molecule has 0 unspecified atom stereocenters. The summed E-state index contributed by atoms with van der Waals surface area (Å²) in [5, 5.41) is 10.2. The lowest BCUT2D eigenvalue weighted by molar-refractivity contribution is 1.58. The molecule has 0 saturated heterocycles. The fourth-order valence-electron chi connectivity index (χ4n) is 7.49. The molecule has 0 radical (unpaired) electrons. The van der Waals surface area contributed by atoms with Crippen LogP contribution in [0.15, 0.2) is 182 Å². The summed E-state index contributed by atoms with van der Waals surface area (Å²) in [7, 11) is 0. The van der Waals surface area contributed by atoms with Crippen LogP contribution >= 0.6 is 0 Å². The molecule has 0 bridgehead atoms. The summed E-state index contributed by atoms with van der Waals surface area (Å²) in [4.78, 5) is 0. The second kappa shape index (κ2) is 10.9. The SMILES string of the molecule is c1ccc(-c2cccc(-c3ccccc3)c2-c2c3ccccc3c(-c3cc4ccccc4c4ccccc34)c3ccccc23)cc1. The molecule has 0 aliphatic carbocycles. The van der Waals surface area contributed by atoms with Crippen LogP contribution in [0.25, 0.3) is 87.6 Å². The molecule has 9 aromatic rings. The van der Waals surface area contributed by atoms with E-state index in [1.807, 2.05) is 0 Å². The Morgan fingerprint density at radius 3 is 1.17 bits per heavy atom. The summed E-state index contributed by atoms with van der Waals surface area (Å²) in [5.74, 6) is 0. The van der Waals surface area contributed by atoms with E-state index in [0.29, 0.717) is 0 Å². The molecular weight excluding hydrogens is 553 g/mol. The van der Waals surface area contributed by atoms with E-state index in [0.717, 1.165) is 0 Å². The van der Waals surface area contributed by atoms with Crippen molar-refractivity contribution >= 4 is 43.1 Å². The molecule has 0 fully saturated rings. The van der Waals surface area contributed by atoms with Crippen LogP contribution in [-0.4, -0.2) is 0 Å². The van der Waals surface area contributed by atoms with Gasteiger partial charge < -0.3 is 0 Å². The smallest absolute Gasteiger partial charge is 0.00139 e. The Labute approximate surface area is 268 Å². The zero-order chi connectivity index (χ0) is 30.5. The summed E-state index contributed by atoms with van der Waals surface area (Å²) >= 11 is 0. The van der Waals surface area contributed by atoms with Crippen LogP contribution in [0.2, 0.25) is 0 Å². The number of hydrogen-bond donors (Lipinski definition) is 0. The zero-order valence-corrected chi connectivity index (χ0v) is 25.3. The minimum atomic E-state index is 1.22. The van der Waals surface area contributed by atoms with Crippen molar-refractivity contribution in [2.45, 2.75) is 0 Å². The van der Waals surface area contributed by atoms with Crippen molar-refractivity contribution in [1.29, 1.82) is 0 Å². The van der Waals surface area contributed by atoms with Crippen LogP contribution < -0.4 is 0 Å². The van der Waals surface area contributed by atoms with Gasteiger partial charge in [0.15, 0.2) is 0 Å². The standard InChI is InChI=1S/C46H30/c1-3-16-31(17-4-1)35-28-15-29-36(32-18-5-2-6-19-32)45(35)46-41-26-13-11-24-39(41)44(40-25-12-14-27-42(40)46)43-30-33-20-7-8-21-34(33)37-22-9-10-23-38(37)43/h1-30H. The fourth-order valence-corrected chi connectivity index (χ4v) is 7.49. The molecule has 0 heteroatoms. The molecule has 214 valence electrons. The second-order valence-corrected chi connectivity index (χ2v) is 12.0. The molecule has 0 saturated carbocycles. The first-order valence-electron chi connectivity index (χ1n) is 16.0. The molecule has 0 heterocycles. The quantitative estimate of drug-likeness (QED) is 0.143. The topological polar surface area (TPSA) is 0 Å². The minimum Gasteiger partial charge on any atom is -0.0622 e. The van der Waals surface area contributed by atoms with Crippen molar-refractivity contribution in [3.63, 3.8) is 0 Å². The summed E-state index contributed by atoms with van der Waals surface area (Å²) in [6.07, 6.45) is 0. The minimum absolute atomic E-state index is 1.22. The van der Waals surface area contributed by atoms with Gasteiger partial charge in [0.1, 0.15) is 0 Å². The van der Waals surface area contributed by atoms with Gasteiger partial charge in [-0.1, -0.05) is 176 Å². The third kappa shape index (κ3) is 4.15. The summed E-state index contributed by atoms with van der Waals surface area (Å²) in [6, 6.07) is 66.5. The predicted octanol–water partition coefficient (Wildman–Crippen LogP) is 13.0. The first kappa shape index (κ1) is 26.4. The lowest BCUT2D eigenvalue weighted by atomic mass is 9.80.